The van der Waals surface area contributed by atoms with Crippen LogP contribution < -0.4 is 5.73 Å². The van der Waals surface area contributed by atoms with E-state index >= 15 is 0 Å². The van der Waals surface area contributed by atoms with Crippen molar-refractivity contribution < 1.29 is 0 Å². The van der Waals surface area contributed by atoms with Crippen LogP contribution in [0.25, 0.3) is 0 Å². The van der Waals surface area contributed by atoms with E-state index in [2.05, 4.69) is 38.1 Å². The van der Waals surface area contributed by atoms with Gasteiger partial charge >= 0.3 is 0 Å². The minimum atomic E-state index is 0.124. The van der Waals surface area contributed by atoms with Crippen LogP contribution in [0.15, 0.2) is 42.5 Å². The van der Waals surface area contributed by atoms with E-state index in [-0.39, 0.29) is 6.04 Å². The van der Waals surface area contributed by atoms with E-state index in [4.69, 9.17) is 17.3 Å². The molecule has 100 valence electrons. The molecular formula is C17H20ClN. The molecule has 2 aromatic carbocycles. The number of benzene rings is 2. The van der Waals surface area contributed by atoms with Crippen LogP contribution in [0.2, 0.25) is 5.02 Å². The van der Waals surface area contributed by atoms with Gasteiger partial charge in [-0.1, -0.05) is 47.5 Å². The molecule has 0 aliphatic heterocycles. The summed E-state index contributed by atoms with van der Waals surface area (Å²) in [5.74, 6) is 0. The molecule has 0 aromatic heterocycles. The third-order valence-electron chi connectivity index (χ3n) is 3.37. The zero-order valence-electron chi connectivity index (χ0n) is 11.5. The lowest BCUT2D eigenvalue weighted by Gasteiger charge is -2.14. The Morgan fingerprint density at radius 3 is 2.58 bits per heavy atom. The minimum Gasteiger partial charge on any atom is -0.327 e. The van der Waals surface area contributed by atoms with Crippen molar-refractivity contribution in [3.8, 4) is 0 Å². The van der Waals surface area contributed by atoms with E-state index in [1.807, 2.05) is 18.2 Å². The molecule has 19 heavy (non-hydrogen) atoms. The summed E-state index contributed by atoms with van der Waals surface area (Å²) in [4.78, 5) is 0. The molecule has 0 saturated heterocycles. The summed E-state index contributed by atoms with van der Waals surface area (Å²) in [7, 11) is 0. The van der Waals surface area contributed by atoms with Gasteiger partial charge in [-0.3, -0.25) is 0 Å². The van der Waals surface area contributed by atoms with E-state index in [0.29, 0.717) is 0 Å². The highest BCUT2D eigenvalue weighted by atomic mass is 35.5. The highest BCUT2D eigenvalue weighted by molar-refractivity contribution is 6.30. The van der Waals surface area contributed by atoms with Crippen molar-refractivity contribution >= 4 is 11.6 Å². The maximum atomic E-state index is 6.26. The van der Waals surface area contributed by atoms with Gasteiger partial charge in [0.1, 0.15) is 0 Å². The number of nitrogens with two attached hydrogens (primary N) is 1. The second-order valence-electron chi connectivity index (χ2n) is 5.23. The Hall–Kier alpha value is -1.31. The Kier molecular flexibility index (Phi) is 4.62. The van der Waals surface area contributed by atoms with E-state index < -0.39 is 0 Å². The molecular weight excluding hydrogens is 254 g/mol. The molecule has 0 spiro atoms. The molecule has 1 atom stereocenters. The van der Waals surface area contributed by atoms with Gasteiger partial charge in [-0.25, -0.2) is 0 Å². The smallest absolute Gasteiger partial charge is 0.0408 e. The fourth-order valence-corrected chi connectivity index (χ4v) is 2.55. The maximum absolute atomic E-state index is 6.26. The minimum absolute atomic E-state index is 0.124. The lowest BCUT2D eigenvalue weighted by molar-refractivity contribution is 0.662. The predicted octanol–water partition coefficient (Wildman–Crippen LogP) is 4.07. The summed E-state index contributed by atoms with van der Waals surface area (Å²) >= 11 is 5.99. The molecule has 2 heteroatoms. The summed E-state index contributed by atoms with van der Waals surface area (Å²) in [5.41, 5.74) is 11.4. The largest absolute Gasteiger partial charge is 0.327 e. The van der Waals surface area contributed by atoms with Gasteiger partial charge in [0.15, 0.2) is 0 Å². The molecule has 0 heterocycles. The fourth-order valence-electron chi connectivity index (χ4n) is 2.34. The molecule has 0 amide bonds. The van der Waals surface area contributed by atoms with Crippen molar-refractivity contribution in [1.82, 2.24) is 0 Å². The normalized spacial score (nSPS) is 12.4. The zero-order chi connectivity index (χ0) is 13.8. The zero-order valence-corrected chi connectivity index (χ0v) is 12.2. The SMILES string of the molecule is Cc1ccc(C)c(CC(N)Cc2cccc(Cl)c2)c1. The number of halogens is 1. The summed E-state index contributed by atoms with van der Waals surface area (Å²) < 4.78 is 0. The van der Waals surface area contributed by atoms with Gasteiger partial charge in [0.25, 0.3) is 0 Å². The Morgan fingerprint density at radius 2 is 1.84 bits per heavy atom. The highest BCUT2D eigenvalue weighted by Gasteiger charge is 2.08. The molecule has 0 radical (unpaired) electrons. The summed E-state index contributed by atoms with van der Waals surface area (Å²) in [6.07, 6.45) is 1.76. The topological polar surface area (TPSA) is 26.0 Å². The second kappa shape index (κ2) is 6.23. The van der Waals surface area contributed by atoms with Crippen molar-refractivity contribution in [3.63, 3.8) is 0 Å². The number of hydrogen-bond acceptors (Lipinski definition) is 1. The first-order valence-corrected chi connectivity index (χ1v) is 6.98. The van der Waals surface area contributed by atoms with Crippen LogP contribution in [0.5, 0.6) is 0 Å². The van der Waals surface area contributed by atoms with Crippen LogP contribution in [0.3, 0.4) is 0 Å². The van der Waals surface area contributed by atoms with Gasteiger partial charge < -0.3 is 5.73 Å². The van der Waals surface area contributed by atoms with Crippen LogP contribution in [0.4, 0.5) is 0 Å². The monoisotopic (exact) mass is 273 g/mol. The van der Waals surface area contributed by atoms with E-state index in [1.54, 1.807) is 0 Å². The average Bonchev–Trinajstić information content (AvgIpc) is 2.34. The van der Waals surface area contributed by atoms with Crippen LogP contribution in [0, 0.1) is 13.8 Å². The molecule has 1 nitrogen and oxygen atoms in total. The third kappa shape index (κ3) is 4.09. The van der Waals surface area contributed by atoms with Crippen molar-refractivity contribution in [2.45, 2.75) is 32.7 Å². The molecule has 0 saturated carbocycles. The Morgan fingerprint density at radius 1 is 1.05 bits per heavy atom. The number of aryl methyl sites for hydroxylation is 2. The van der Waals surface area contributed by atoms with Crippen molar-refractivity contribution in [3.05, 3.63) is 69.7 Å². The number of rotatable bonds is 4. The maximum Gasteiger partial charge on any atom is 0.0408 e. The first-order chi connectivity index (χ1) is 9.04. The van der Waals surface area contributed by atoms with Crippen molar-refractivity contribution in [2.24, 2.45) is 5.73 Å². The van der Waals surface area contributed by atoms with E-state index in [1.165, 1.54) is 22.3 Å². The standard InChI is InChI=1S/C17H20ClN/c1-12-6-7-13(2)15(8-12)11-17(19)10-14-4-3-5-16(18)9-14/h3-9,17H,10-11,19H2,1-2H3. The molecule has 2 aromatic rings. The second-order valence-corrected chi connectivity index (χ2v) is 5.66. The summed E-state index contributed by atoms with van der Waals surface area (Å²) in [6.45, 7) is 4.26. The highest BCUT2D eigenvalue weighted by Crippen LogP contribution is 2.16. The summed E-state index contributed by atoms with van der Waals surface area (Å²) in [5, 5.41) is 0.774. The molecule has 1 unspecified atom stereocenters. The van der Waals surface area contributed by atoms with Crippen LogP contribution in [0.1, 0.15) is 22.3 Å². The van der Waals surface area contributed by atoms with Crippen LogP contribution in [-0.4, -0.2) is 6.04 Å². The predicted molar refractivity (Wildman–Crippen MR) is 82.8 cm³/mol. The average molecular weight is 274 g/mol. The molecule has 0 fully saturated rings. The van der Waals surface area contributed by atoms with Gasteiger partial charge in [-0.05, 0) is 55.5 Å². The van der Waals surface area contributed by atoms with Gasteiger partial charge in [0, 0.05) is 11.1 Å². The third-order valence-corrected chi connectivity index (χ3v) is 3.61. The van der Waals surface area contributed by atoms with Crippen LogP contribution >= 0.6 is 11.6 Å². The first-order valence-electron chi connectivity index (χ1n) is 6.61. The van der Waals surface area contributed by atoms with Crippen molar-refractivity contribution in [1.29, 1.82) is 0 Å². The first kappa shape index (κ1) is 14.1. The van der Waals surface area contributed by atoms with Gasteiger partial charge in [-0.2, -0.15) is 0 Å². The molecule has 2 rings (SSSR count). The van der Waals surface area contributed by atoms with Gasteiger partial charge in [-0.15, -0.1) is 0 Å². The quantitative estimate of drug-likeness (QED) is 0.893. The Balaban J connectivity index is 2.05. The Bertz CT molecular complexity index is 563. The van der Waals surface area contributed by atoms with Crippen molar-refractivity contribution in [2.75, 3.05) is 0 Å². The fraction of sp³-hybridized carbons (Fsp3) is 0.294. The molecule has 2 N–H and O–H groups in total. The molecule has 0 bridgehead atoms. The van der Waals surface area contributed by atoms with E-state index in [0.717, 1.165) is 17.9 Å². The van der Waals surface area contributed by atoms with Crippen LogP contribution in [-0.2, 0) is 12.8 Å². The molecule has 0 aliphatic carbocycles. The summed E-state index contributed by atoms with van der Waals surface area (Å²) in [6, 6.07) is 14.6. The molecule has 0 aliphatic rings. The number of hydrogen-bond donors (Lipinski definition) is 1. The van der Waals surface area contributed by atoms with Gasteiger partial charge in [0.2, 0.25) is 0 Å². The van der Waals surface area contributed by atoms with E-state index in [9.17, 15) is 0 Å². The lowest BCUT2D eigenvalue weighted by Crippen LogP contribution is -2.25. The lowest BCUT2D eigenvalue weighted by atomic mass is 9.96. The Labute approximate surface area is 120 Å². The van der Waals surface area contributed by atoms with Gasteiger partial charge in [0.05, 0.1) is 0 Å².